The molecule has 1 heterocycles. The Morgan fingerprint density at radius 1 is 1.00 bits per heavy atom. The molecule has 1 nitrogen and oxygen atoms in total. The zero-order valence-corrected chi connectivity index (χ0v) is 8.30. The molecule has 0 aliphatic carbocycles. The molecule has 12 heavy (non-hydrogen) atoms. The number of pyridine rings is 1. The summed E-state index contributed by atoms with van der Waals surface area (Å²) in [5, 5.41) is 0. The van der Waals surface area contributed by atoms with E-state index < -0.39 is 0 Å². The Kier molecular flexibility index (Phi) is 3.27. The molecular weight excluding hydrogens is 146 g/mol. The summed E-state index contributed by atoms with van der Waals surface area (Å²) >= 11 is 0. The van der Waals surface area contributed by atoms with Crippen LogP contribution in [0, 0.1) is 0 Å². The Morgan fingerprint density at radius 3 is 1.83 bits per heavy atom. The molecule has 66 valence electrons. The molecule has 0 saturated heterocycles. The molecule has 1 heteroatoms. The second kappa shape index (κ2) is 4.24. The van der Waals surface area contributed by atoms with Crippen molar-refractivity contribution in [2.45, 2.75) is 40.2 Å². The summed E-state index contributed by atoms with van der Waals surface area (Å²) in [6, 6.07) is 2.30. The Morgan fingerprint density at radius 2 is 1.50 bits per heavy atom. The largest absolute Gasteiger partial charge is 0.205 e. The smallest absolute Gasteiger partial charge is 0.171 e. The first-order valence-corrected chi connectivity index (χ1v) is 4.82. The van der Waals surface area contributed by atoms with Gasteiger partial charge in [0, 0.05) is 11.1 Å². The summed E-state index contributed by atoms with van der Waals surface area (Å²) in [7, 11) is 0. The van der Waals surface area contributed by atoms with Crippen molar-refractivity contribution in [2.75, 3.05) is 0 Å². The predicted octanol–water partition coefficient (Wildman–Crippen LogP) is 2.12. The number of hydrogen-bond acceptors (Lipinski definition) is 0. The lowest BCUT2D eigenvalue weighted by Crippen LogP contribution is -2.32. The van der Waals surface area contributed by atoms with Gasteiger partial charge in [-0.15, -0.1) is 0 Å². The van der Waals surface area contributed by atoms with E-state index in [0.29, 0.717) is 0 Å². The fraction of sp³-hybridized carbons (Fsp3) is 0.545. The zero-order valence-electron chi connectivity index (χ0n) is 8.30. The Bertz CT molecular complexity index is 198. The molecular formula is C11H18N+. The first-order valence-electron chi connectivity index (χ1n) is 4.82. The van der Waals surface area contributed by atoms with Gasteiger partial charge in [0.05, 0.1) is 0 Å². The molecule has 0 spiro atoms. The van der Waals surface area contributed by atoms with Gasteiger partial charge in [-0.25, -0.2) is 4.57 Å². The Hall–Kier alpha value is -0.850. The van der Waals surface area contributed by atoms with Crippen LogP contribution in [0.5, 0.6) is 0 Å². The number of rotatable bonds is 3. The average Bonchev–Trinajstić information content (AvgIpc) is 2.16. The second-order valence-corrected chi connectivity index (χ2v) is 3.09. The van der Waals surface area contributed by atoms with E-state index in [-0.39, 0.29) is 0 Å². The maximum Gasteiger partial charge on any atom is 0.171 e. The molecule has 1 aromatic heterocycles. The number of hydrogen-bond donors (Lipinski definition) is 0. The normalized spacial score (nSPS) is 10.2. The molecule has 1 rings (SSSR count). The Balaban J connectivity index is 3.01. The molecule has 0 atom stereocenters. The lowest BCUT2D eigenvalue weighted by Gasteiger charge is -1.99. The molecule has 0 saturated carbocycles. The summed E-state index contributed by atoms with van der Waals surface area (Å²) in [6.07, 6.45) is 6.74. The second-order valence-electron chi connectivity index (χ2n) is 3.09. The van der Waals surface area contributed by atoms with Gasteiger partial charge in [-0.1, -0.05) is 13.8 Å². The van der Waals surface area contributed by atoms with Crippen molar-refractivity contribution in [3.05, 3.63) is 29.6 Å². The predicted molar refractivity (Wildman–Crippen MR) is 51.1 cm³/mol. The van der Waals surface area contributed by atoms with Crippen molar-refractivity contribution >= 4 is 0 Å². The standard InChI is InChI=1S/C11H18N/c1-4-10-7-11(5-2)9-12(6-3)8-10/h7-9H,4-6H2,1-3H3/q+1. The highest BCUT2D eigenvalue weighted by molar-refractivity contribution is 5.14. The van der Waals surface area contributed by atoms with Crippen molar-refractivity contribution in [1.82, 2.24) is 0 Å². The van der Waals surface area contributed by atoms with Crippen LogP contribution < -0.4 is 4.57 Å². The van der Waals surface area contributed by atoms with Gasteiger partial charge >= 0.3 is 0 Å². The van der Waals surface area contributed by atoms with E-state index in [1.807, 2.05) is 0 Å². The van der Waals surface area contributed by atoms with Crippen LogP contribution in [0.15, 0.2) is 18.5 Å². The lowest BCUT2D eigenvalue weighted by molar-refractivity contribution is -0.694. The topological polar surface area (TPSA) is 3.88 Å². The fourth-order valence-corrected chi connectivity index (χ4v) is 1.35. The first kappa shape index (κ1) is 9.24. The van der Waals surface area contributed by atoms with E-state index >= 15 is 0 Å². The SMILES string of the molecule is CCc1cc(CC)c[n+](CC)c1. The minimum absolute atomic E-state index is 1.07. The van der Waals surface area contributed by atoms with E-state index in [1.54, 1.807) is 0 Å². The number of aryl methyl sites for hydroxylation is 3. The minimum Gasteiger partial charge on any atom is -0.205 e. The third-order valence-corrected chi connectivity index (χ3v) is 2.22. The van der Waals surface area contributed by atoms with Gasteiger partial charge in [0.1, 0.15) is 6.54 Å². The van der Waals surface area contributed by atoms with Crippen LogP contribution in [0.2, 0.25) is 0 Å². The highest BCUT2D eigenvalue weighted by Crippen LogP contribution is 2.02. The third-order valence-electron chi connectivity index (χ3n) is 2.22. The van der Waals surface area contributed by atoms with Crippen LogP contribution >= 0.6 is 0 Å². The lowest BCUT2D eigenvalue weighted by atomic mass is 10.1. The summed E-state index contributed by atoms with van der Waals surface area (Å²) in [6.45, 7) is 7.66. The average molecular weight is 164 g/mol. The van der Waals surface area contributed by atoms with Crippen molar-refractivity contribution in [1.29, 1.82) is 0 Å². The van der Waals surface area contributed by atoms with Gasteiger partial charge in [0.2, 0.25) is 0 Å². The molecule has 0 amide bonds. The summed E-state index contributed by atoms with van der Waals surface area (Å²) in [5.74, 6) is 0. The quantitative estimate of drug-likeness (QED) is 0.602. The molecule has 0 N–H and O–H groups in total. The van der Waals surface area contributed by atoms with Crippen LogP contribution in [-0.2, 0) is 19.4 Å². The van der Waals surface area contributed by atoms with Crippen LogP contribution in [0.3, 0.4) is 0 Å². The maximum atomic E-state index is 2.30. The van der Waals surface area contributed by atoms with Gasteiger partial charge in [0.15, 0.2) is 12.4 Å². The maximum absolute atomic E-state index is 2.30. The van der Waals surface area contributed by atoms with E-state index in [9.17, 15) is 0 Å². The van der Waals surface area contributed by atoms with Crippen molar-refractivity contribution in [2.24, 2.45) is 0 Å². The van der Waals surface area contributed by atoms with Crippen LogP contribution in [-0.4, -0.2) is 0 Å². The van der Waals surface area contributed by atoms with E-state index in [2.05, 4.69) is 43.8 Å². The van der Waals surface area contributed by atoms with Gasteiger partial charge in [-0.05, 0) is 25.8 Å². The van der Waals surface area contributed by atoms with E-state index in [1.165, 1.54) is 11.1 Å². The Labute approximate surface area is 75.1 Å². The van der Waals surface area contributed by atoms with Gasteiger partial charge < -0.3 is 0 Å². The van der Waals surface area contributed by atoms with Gasteiger partial charge in [0.25, 0.3) is 0 Å². The van der Waals surface area contributed by atoms with Crippen molar-refractivity contribution < 1.29 is 4.57 Å². The molecule has 0 aromatic carbocycles. The minimum atomic E-state index is 1.07. The van der Waals surface area contributed by atoms with Crippen LogP contribution in [0.1, 0.15) is 31.9 Å². The number of aromatic nitrogens is 1. The third kappa shape index (κ3) is 2.07. The molecule has 0 aliphatic rings. The molecule has 1 aromatic rings. The van der Waals surface area contributed by atoms with Crippen molar-refractivity contribution in [3.63, 3.8) is 0 Å². The van der Waals surface area contributed by atoms with Crippen LogP contribution in [0.4, 0.5) is 0 Å². The van der Waals surface area contributed by atoms with E-state index in [4.69, 9.17) is 0 Å². The molecule has 0 aliphatic heterocycles. The summed E-state index contributed by atoms with van der Waals surface area (Å²) < 4.78 is 2.26. The van der Waals surface area contributed by atoms with Gasteiger partial charge in [-0.3, -0.25) is 0 Å². The van der Waals surface area contributed by atoms with Crippen molar-refractivity contribution in [3.8, 4) is 0 Å². The number of nitrogens with zero attached hydrogens (tertiary/aromatic N) is 1. The first-order chi connectivity index (χ1) is 5.80. The molecule has 0 fully saturated rings. The fourth-order valence-electron chi connectivity index (χ4n) is 1.35. The summed E-state index contributed by atoms with van der Waals surface area (Å²) in [4.78, 5) is 0. The zero-order chi connectivity index (χ0) is 8.97. The summed E-state index contributed by atoms with van der Waals surface area (Å²) in [5.41, 5.74) is 2.88. The molecule has 0 radical (unpaired) electrons. The van der Waals surface area contributed by atoms with Crippen LogP contribution in [0.25, 0.3) is 0 Å². The molecule has 0 bridgehead atoms. The highest BCUT2D eigenvalue weighted by atomic mass is 14.9. The highest BCUT2D eigenvalue weighted by Gasteiger charge is 2.02. The monoisotopic (exact) mass is 164 g/mol. The molecule has 0 unspecified atom stereocenters. The van der Waals surface area contributed by atoms with Gasteiger partial charge in [-0.2, -0.15) is 0 Å². The van der Waals surface area contributed by atoms with E-state index in [0.717, 1.165) is 19.4 Å².